The molecule has 23 nitrogen and oxygen atoms in total. The fourth-order valence-corrected chi connectivity index (χ4v) is 8.15. The third kappa shape index (κ3) is 12.7. The number of hydrogen-bond acceptors (Lipinski definition) is 20. The Morgan fingerprint density at radius 1 is 0.587 bits per heavy atom. The average molecular weight is 1030 g/mol. The van der Waals surface area contributed by atoms with Gasteiger partial charge < -0.3 is 64.0 Å². The van der Waals surface area contributed by atoms with Crippen molar-refractivity contribution in [2.45, 2.75) is 70.4 Å². The molecule has 0 unspecified atom stereocenters. The summed E-state index contributed by atoms with van der Waals surface area (Å²) in [7, 11) is 0. The number of unbranched alkanes of at least 4 members (excludes halogenated alkanes) is 2. The molecule has 8 N–H and O–H groups in total. The van der Waals surface area contributed by atoms with Gasteiger partial charge in [-0.05, 0) is 83.6 Å². The van der Waals surface area contributed by atoms with Crippen LogP contribution in [0.1, 0.15) is 128 Å². The van der Waals surface area contributed by atoms with E-state index in [1.165, 1.54) is 25.1 Å². The number of aryl methyl sites for hydroxylation is 2. The van der Waals surface area contributed by atoms with Gasteiger partial charge in [0.25, 0.3) is 17.7 Å². The van der Waals surface area contributed by atoms with Gasteiger partial charge in [-0.25, -0.2) is 29.9 Å². The third-order valence-electron chi connectivity index (χ3n) is 12.1. The molecule has 0 aliphatic carbocycles. The summed E-state index contributed by atoms with van der Waals surface area (Å²) in [5.74, 6) is -0.0700. The van der Waals surface area contributed by atoms with Crippen molar-refractivity contribution in [3.63, 3.8) is 0 Å². The summed E-state index contributed by atoms with van der Waals surface area (Å²) in [6.07, 6.45) is 9.62. The number of fused-ring (bicyclic) bond motifs is 16. The molecule has 9 rings (SSSR count). The molecule has 1 aliphatic rings. The maximum atomic E-state index is 13.9. The summed E-state index contributed by atoms with van der Waals surface area (Å²) in [6.45, 7) is 4.68. The molecule has 0 fully saturated rings. The van der Waals surface area contributed by atoms with Gasteiger partial charge >= 0.3 is 0 Å². The normalized spacial score (nSPS) is 14.5. The number of nitrogens with two attached hydrogens (primary N) is 2. The lowest BCUT2D eigenvalue weighted by Crippen LogP contribution is -2.29. The first-order valence-corrected chi connectivity index (χ1v) is 24.7. The number of oxazole rings is 6. The summed E-state index contributed by atoms with van der Waals surface area (Å²) in [5, 5.41) is 12.1. The van der Waals surface area contributed by atoms with E-state index in [-0.39, 0.29) is 81.2 Å². The van der Waals surface area contributed by atoms with E-state index in [4.69, 9.17) is 52.7 Å². The molecule has 2 aromatic carbocycles. The Bertz CT molecular complexity index is 3190. The van der Waals surface area contributed by atoms with Gasteiger partial charge in [-0.2, -0.15) is 0 Å². The van der Waals surface area contributed by atoms with Crippen LogP contribution in [0.2, 0.25) is 0 Å². The fraction of sp³-hybridized carbons (Fsp3) is 0.346. The van der Waals surface area contributed by atoms with Crippen LogP contribution in [0, 0.1) is 6.92 Å². The Kier molecular flexibility index (Phi) is 16.9. The van der Waals surface area contributed by atoms with Crippen LogP contribution in [0.15, 0.2) is 106 Å². The van der Waals surface area contributed by atoms with Gasteiger partial charge in [0.05, 0.1) is 13.2 Å². The number of carbonyl (C=O) groups is 4. The molecule has 75 heavy (non-hydrogen) atoms. The number of benzene rings is 2. The van der Waals surface area contributed by atoms with Crippen molar-refractivity contribution in [3.05, 3.63) is 131 Å². The molecule has 8 aromatic rings. The van der Waals surface area contributed by atoms with Crippen LogP contribution < -0.4 is 32.7 Å². The number of carbonyl (C=O) groups excluding carboxylic acids is 4. The van der Waals surface area contributed by atoms with Gasteiger partial charge in [0.15, 0.2) is 39.9 Å². The van der Waals surface area contributed by atoms with Gasteiger partial charge in [-0.3, -0.25) is 19.2 Å². The van der Waals surface area contributed by atoms with E-state index in [2.05, 4.69) is 41.2 Å². The van der Waals surface area contributed by atoms with Crippen molar-refractivity contribution in [1.29, 1.82) is 0 Å². The molecular formula is C52H56N12O11. The lowest BCUT2D eigenvalue weighted by molar-refractivity contribution is 0.0911. The van der Waals surface area contributed by atoms with Gasteiger partial charge in [0.2, 0.25) is 35.3 Å². The van der Waals surface area contributed by atoms with Crippen molar-refractivity contribution in [1.82, 2.24) is 51.2 Å². The van der Waals surface area contributed by atoms with Crippen LogP contribution in [-0.2, 0) is 11.2 Å². The molecule has 23 heteroatoms. The lowest BCUT2D eigenvalue weighted by Gasteiger charge is -2.14. The van der Waals surface area contributed by atoms with E-state index in [0.717, 1.165) is 0 Å². The Morgan fingerprint density at radius 2 is 1.17 bits per heavy atom. The van der Waals surface area contributed by atoms with E-state index in [1.54, 1.807) is 55.5 Å². The smallest absolute Gasteiger partial charge is 0.273 e. The van der Waals surface area contributed by atoms with Gasteiger partial charge in [-0.1, -0.05) is 42.5 Å². The Morgan fingerprint density at radius 3 is 1.88 bits per heavy atom. The largest absolute Gasteiger partial charge is 0.446 e. The number of ketones is 1. The molecule has 6 aromatic heterocycles. The van der Waals surface area contributed by atoms with Gasteiger partial charge in [0.1, 0.15) is 48.7 Å². The summed E-state index contributed by atoms with van der Waals surface area (Å²) in [5.41, 5.74) is 14.1. The maximum absolute atomic E-state index is 13.9. The summed E-state index contributed by atoms with van der Waals surface area (Å²) in [6, 6.07) is 14.1. The maximum Gasteiger partial charge on any atom is 0.273 e. The predicted molar refractivity (Wildman–Crippen MR) is 267 cm³/mol. The molecule has 0 saturated carbocycles. The Labute approximate surface area is 429 Å². The highest BCUT2D eigenvalue weighted by Crippen LogP contribution is 2.34. The zero-order chi connectivity index (χ0) is 52.1. The average Bonchev–Trinajstić information content (AvgIpc) is 4.30. The van der Waals surface area contributed by atoms with E-state index < -0.39 is 23.9 Å². The van der Waals surface area contributed by atoms with Gasteiger partial charge in [0, 0.05) is 36.2 Å². The molecule has 7 heterocycles. The number of nitrogens with one attached hydrogen (secondary N) is 4. The minimum Gasteiger partial charge on any atom is -0.446 e. The quantitative estimate of drug-likeness (QED) is 0.0339. The van der Waals surface area contributed by atoms with Crippen molar-refractivity contribution < 1.29 is 50.4 Å². The minimum absolute atomic E-state index is 0.0227. The first-order chi connectivity index (χ1) is 36.6. The van der Waals surface area contributed by atoms with Crippen LogP contribution in [0.5, 0.6) is 0 Å². The molecule has 0 radical (unpaired) electrons. The fourth-order valence-electron chi connectivity index (χ4n) is 8.15. The second-order valence-corrected chi connectivity index (χ2v) is 17.5. The Balaban J connectivity index is 0.876. The number of rotatable bonds is 21. The number of nitrogens with zero attached hydrogens (tertiary/aromatic N) is 6. The number of ether oxygens (including phenoxy) is 1. The lowest BCUT2D eigenvalue weighted by atomic mass is 10.0. The summed E-state index contributed by atoms with van der Waals surface area (Å²) in [4.78, 5) is 80.6. The van der Waals surface area contributed by atoms with E-state index in [1.807, 2.05) is 6.07 Å². The van der Waals surface area contributed by atoms with Crippen LogP contribution in [0.3, 0.4) is 0 Å². The topological polar surface area (TPSA) is 334 Å². The first-order valence-electron chi connectivity index (χ1n) is 24.7. The van der Waals surface area contributed by atoms with Crippen LogP contribution >= 0.6 is 0 Å². The highest BCUT2D eigenvalue weighted by molar-refractivity contribution is 6.09. The second-order valence-electron chi connectivity index (χ2n) is 17.5. The molecule has 0 spiro atoms. The van der Waals surface area contributed by atoms with E-state index in [0.29, 0.717) is 126 Å². The molecule has 12 bridgehead atoms. The zero-order valence-corrected chi connectivity index (χ0v) is 41.1. The second kappa shape index (κ2) is 24.6. The van der Waals surface area contributed by atoms with Crippen molar-refractivity contribution >= 4 is 23.5 Å². The standard InChI is InChI=1S/C52H56N12O11/c1-30-41-52-64-42(40(75-52)14-9-21-55-22-24-69-25-23-56-44(66)33-17-15-32(16-18-33)43(65)31-10-3-2-4-11-31)51-60-37(27-73-51)46(68)57-34(12-5-7-19-53)47-61-39(28-71-47)49-62-38(29-72-49)48-59-36(26-70-48)45(67)58-35(13-6-8-20-54)50(63-41)74-30/h2-4,10-11,15-18,26-29,34-35,55H,5-9,12-14,19-25,53-54H2,1H3,(H,56,66)(H,57,68)(H,58,67)/t34-,35-/m0/s1. The van der Waals surface area contributed by atoms with Crippen LogP contribution in [0.25, 0.3) is 46.3 Å². The molecule has 390 valence electrons. The minimum atomic E-state index is -0.709. The first kappa shape index (κ1) is 51.5. The highest BCUT2D eigenvalue weighted by Gasteiger charge is 2.30. The SMILES string of the molecule is Cc1oc2nc1-c1nc(c(CCCNCCOCCNC(=O)c3ccc(C(=O)c4ccccc4)cc3)o1)-c1nc(co1)C(=O)N[C@@H](CCCCN)c1nc(co1)-c1nc(co1)-c1nc(co1)C(=O)N[C@H]2CCCCN. The molecule has 2 atom stereocenters. The predicted octanol–water partition coefficient (Wildman–Crippen LogP) is 6.30. The molecule has 3 amide bonds. The monoisotopic (exact) mass is 1020 g/mol. The van der Waals surface area contributed by atoms with Crippen molar-refractivity contribution in [3.8, 4) is 46.3 Å². The van der Waals surface area contributed by atoms with Gasteiger partial charge in [-0.15, -0.1) is 0 Å². The third-order valence-corrected chi connectivity index (χ3v) is 12.1. The van der Waals surface area contributed by atoms with Crippen molar-refractivity contribution in [2.75, 3.05) is 45.9 Å². The van der Waals surface area contributed by atoms with Crippen molar-refractivity contribution in [2.24, 2.45) is 11.5 Å². The number of amides is 3. The Hall–Kier alpha value is -8.38. The van der Waals surface area contributed by atoms with Crippen LogP contribution in [-0.4, -0.2) is 99.3 Å². The summed E-state index contributed by atoms with van der Waals surface area (Å²) < 4.78 is 41.5. The zero-order valence-electron chi connectivity index (χ0n) is 41.1. The molecule has 0 saturated heterocycles. The number of aromatic nitrogens is 6. The van der Waals surface area contributed by atoms with E-state index >= 15 is 0 Å². The van der Waals surface area contributed by atoms with E-state index in [9.17, 15) is 19.2 Å². The highest BCUT2D eigenvalue weighted by atomic mass is 16.5. The molecule has 1 aliphatic heterocycles. The molecular weight excluding hydrogens is 969 g/mol. The number of hydrogen-bond donors (Lipinski definition) is 6. The summed E-state index contributed by atoms with van der Waals surface area (Å²) >= 11 is 0. The van der Waals surface area contributed by atoms with Crippen LogP contribution in [0.4, 0.5) is 0 Å².